The molecule has 2 aliphatic rings. The Bertz CT molecular complexity index is 1330. The number of benzene rings is 3. The van der Waals surface area contributed by atoms with Gasteiger partial charge in [0.2, 0.25) is 0 Å². The van der Waals surface area contributed by atoms with E-state index < -0.39 is 11.6 Å². The van der Waals surface area contributed by atoms with Crippen molar-refractivity contribution in [2.45, 2.75) is 76.7 Å². The highest BCUT2D eigenvalue weighted by atomic mass is 16.6. The van der Waals surface area contributed by atoms with Gasteiger partial charge in [-0.15, -0.1) is 0 Å². The summed E-state index contributed by atoms with van der Waals surface area (Å²) in [7, 11) is 0. The number of phenolic OH excluding ortho intramolecular Hbond substituents is 1. The molecule has 198 valence electrons. The fourth-order valence-corrected chi connectivity index (χ4v) is 5.47. The smallest absolute Gasteiger partial charge is 0.340 e. The first-order valence-corrected chi connectivity index (χ1v) is 13.7. The van der Waals surface area contributed by atoms with Gasteiger partial charge < -0.3 is 19.3 Å². The number of carbonyl (C=O) groups is 2. The third kappa shape index (κ3) is 5.00. The van der Waals surface area contributed by atoms with Crippen LogP contribution in [0.3, 0.4) is 0 Å². The Kier molecular flexibility index (Phi) is 7.68. The molecular weight excluding hydrogens is 480 g/mol. The molecule has 38 heavy (non-hydrogen) atoms. The van der Waals surface area contributed by atoms with Gasteiger partial charge in [0.05, 0.1) is 5.56 Å². The Labute approximate surface area is 223 Å². The number of hydrogen-bond acceptors (Lipinski definition) is 6. The van der Waals surface area contributed by atoms with Crippen molar-refractivity contribution < 1.29 is 28.9 Å². The fourth-order valence-electron chi connectivity index (χ4n) is 5.47. The van der Waals surface area contributed by atoms with Gasteiger partial charge in [-0.05, 0) is 36.8 Å². The predicted octanol–water partition coefficient (Wildman–Crippen LogP) is 7.79. The first-order valence-electron chi connectivity index (χ1n) is 13.7. The highest BCUT2D eigenvalue weighted by molar-refractivity contribution is 5.97. The first-order chi connectivity index (χ1) is 18.5. The molecule has 1 unspecified atom stereocenters. The molecule has 6 heteroatoms. The van der Waals surface area contributed by atoms with Gasteiger partial charge >= 0.3 is 11.9 Å². The van der Waals surface area contributed by atoms with E-state index in [2.05, 4.69) is 6.92 Å². The van der Waals surface area contributed by atoms with E-state index in [-0.39, 0.29) is 11.7 Å². The average Bonchev–Trinajstić information content (AvgIpc) is 3.20. The predicted molar refractivity (Wildman–Crippen MR) is 144 cm³/mol. The SMILES string of the molecule is CCCCCCCCCCCC(=O)Oc1ccc2c(c1)Oc1cc(O)ccc1C21OC(=O)c2ccccc21. The van der Waals surface area contributed by atoms with Crippen LogP contribution in [0.2, 0.25) is 0 Å². The second-order valence-corrected chi connectivity index (χ2v) is 10.1. The Morgan fingerprint density at radius 2 is 1.47 bits per heavy atom. The summed E-state index contributed by atoms with van der Waals surface area (Å²) in [5.41, 5.74) is 1.22. The van der Waals surface area contributed by atoms with Gasteiger partial charge in [-0.3, -0.25) is 4.79 Å². The van der Waals surface area contributed by atoms with Crippen molar-refractivity contribution in [2.75, 3.05) is 0 Å². The molecule has 0 radical (unpaired) electrons. The summed E-state index contributed by atoms with van der Waals surface area (Å²) in [6.45, 7) is 2.22. The molecule has 2 heterocycles. The molecule has 3 aromatic rings. The van der Waals surface area contributed by atoms with Crippen molar-refractivity contribution in [1.82, 2.24) is 0 Å². The number of ether oxygens (including phenoxy) is 3. The second kappa shape index (κ2) is 11.3. The highest BCUT2D eigenvalue weighted by Gasteiger charge is 2.53. The molecule has 0 aliphatic carbocycles. The summed E-state index contributed by atoms with van der Waals surface area (Å²) >= 11 is 0. The van der Waals surface area contributed by atoms with Crippen LogP contribution in [0.1, 0.15) is 98.2 Å². The van der Waals surface area contributed by atoms with E-state index in [0.29, 0.717) is 45.9 Å². The van der Waals surface area contributed by atoms with E-state index in [1.807, 2.05) is 12.1 Å². The van der Waals surface area contributed by atoms with E-state index in [1.54, 1.807) is 42.5 Å². The number of fused-ring (bicyclic) bond motifs is 6. The van der Waals surface area contributed by atoms with Crippen molar-refractivity contribution in [3.8, 4) is 23.0 Å². The van der Waals surface area contributed by atoms with Crippen LogP contribution in [0.25, 0.3) is 0 Å². The lowest BCUT2D eigenvalue weighted by molar-refractivity contribution is -0.134. The maximum absolute atomic E-state index is 12.9. The van der Waals surface area contributed by atoms with Gasteiger partial charge in [0.25, 0.3) is 0 Å². The van der Waals surface area contributed by atoms with Crippen LogP contribution in [0.5, 0.6) is 23.0 Å². The van der Waals surface area contributed by atoms with Gasteiger partial charge in [0, 0.05) is 35.2 Å². The van der Waals surface area contributed by atoms with Crippen molar-refractivity contribution in [3.63, 3.8) is 0 Å². The van der Waals surface area contributed by atoms with Crippen molar-refractivity contribution in [3.05, 3.63) is 82.9 Å². The molecular formula is C32H34O6. The number of hydrogen-bond donors (Lipinski definition) is 1. The van der Waals surface area contributed by atoms with E-state index in [9.17, 15) is 14.7 Å². The normalized spacial score (nSPS) is 16.8. The number of phenols is 1. The third-order valence-corrected chi connectivity index (χ3v) is 7.38. The zero-order valence-electron chi connectivity index (χ0n) is 21.8. The largest absolute Gasteiger partial charge is 0.508 e. The van der Waals surface area contributed by atoms with Crippen LogP contribution in [-0.4, -0.2) is 17.0 Å². The van der Waals surface area contributed by atoms with Crippen molar-refractivity contribution in [1.29, 1.82) is 0 Å². The van der Waals surface area contributed by atoms with Crippen LogP contribution in [0, 0.1) is 0 Å². The quantitative estimate of drug-likeness (QED) is 0.160. The molecule has 0 saturated carbocycles. The van der Waals surface area contributed by atoms with Gasteiger partial charge in [-0.2, -0.15) is 0 Å². The lowest BCUT2D eigenvalue weighted by atomic mass is 9.77. The van der Waals surface area contributed by atoms with Crippen LogP contribution in [0.15, 0.2) is 60.7 Å². The standard InChI is InChI=1S/C32H34O6/c1-2-3-4-5-6-7-8-9-10-15-30(34)36-23-17-19-27-29(21-23)37-28-20-22(33)16-18-26(28)32(27)25-14-12-11-13-24(25)31(35)38-32/h11-14,16-21,33H,2-10,15H2,1H3. The summed E-state index contributed by atoms with van der Waals surface area (Å²) in [5, 5.41) is 10.1. The minimum atomic E-state index is -1.22. The van der Waals surface area contributed by atoms with Crippen molar-refractivity contribution >= 4 is 11.9 Å². The molecule has 0 aromatic heterocycles. The van der Waals surface area contributed by atoms with E-state index in [1.165, 1.54) is 44.6 Å². The molecule has 5 rings (SSSR count). The highest BCUT2D eigenvalue weighted by Crippen LogP contribution is 2.56. The monoisotopic (exact) mass is 514 g/mol. The topological polar surface area (TPSA) is 82.1 Å². The maximum Gasteiger partial charge on any atom is 0.340 e. The fraction of sp³-hybridized carbons (Fsp3) is 0.375. The van der Waals surface area contributed by atoms with E-state index >= 15 is 0 Å². The molecule has 3 aromatic carbocycles. The molecule has 6 nitrogen and oxygen atoms in total. The van der Waals surface area contributed by atoms with E-state index in [4.69, 9.17) is 14.2 Å². The van der Waals surface area contributed by atoms with Crippen molar-refractivity contribution in [2.24, 2.45) is 0 Å². The second-order valence-electron chi connectivity index (χ2n) is 10.1. The Hall–Kier alpha value is -3.80. The molecule has 0 saturated heterocycles. The summed E-state index contributed by atoms with van der Waals surface area (Å²) in [6, 6.07) is 17.2. The number of esters is 2. The zero-order valence-corrected chi connectivity index (χ0v) is 21.8. The molecule has 0 amide bonds. The molecule has 1 atom stereocenters. The number of carbonyl (C=O) groups excluding carboxylic acids is 2. The minimum Gasteiger partial charge on any atom is -0.508 e. The Morgan fingerprint density at radius 1 is 0.816 bits per heavy atom. The summed E-state index contributed by atoms with van der Waals surface area (Å²) in [4.78, 5) is 25.4. The van der Waals surface area contributed by atoms with E-state index in [0.717, 1.165) is 19.3 Å². The maximum atomic E-state index is 12.9. The molecule has 0 bridgehead atoms. The van der Waals surface area contributed by atoms with Crippen LogP contribution in [0.4, 0.5) is 0 Å². The number of unbranched alkanes of at least 4 members (excludes halogenated alkanes) is 8. The molecule has 0 fully saturated rings. The molecule has 2 aliphatic heterocycles. The van der Waals surface area contributed by atoms with Crippen LogP contribution < -0.4 is 9.47 Å². The van der Waals surface area contributed by atoms with Gasteiger partial charge in [0.1, 0.15) is 23.0 Å². The molecule has 1 spiro atoms. The lowest BCUT2D eigenvalue weighted by Gasteiger charge is -2.36. The van der Waals surface area contributed by atoms with Gasteiger partial charge in [-0.25, -0.2) is 4.79 Å². The molecule has 1 N–H and O–H groups in total. The number of rotatable bonds is 11. The Balaban J connectivity index is 1.29. The summed E-state index contributed by atoms with van der Waals surface area (Å²) < 4.78 is 17.8. The Morgan fingerprint density at radius 3 is 2.24 bits per heavy atom. The third-order valence-electron chi connectivity index (χ3n) is 7.38. The van der Waals surface area contributed by atoms with Crippen LogP contribution in [-0.2, 0) is 15.1 Å². The van der Waals surface area contributed by atoms with Crippen LogP contribution >= 0.6 is 0 Å². The minimum absolute atomic E-state index is 0.0310. The van der Waals surface area contributed by atoms with Gasteiger partial charge in [0.15, 0.2) is 5.60 Å². The lowest BCUT2D eigenvalue weighted by Crippen LogP contribution is -2.33. The summed E-state index contributed by atoms with van der Waals surface area (Å²) in [5.74, 6) is 0.462. The first kappa shape index (κ1) is 25.8. The average molecular weight is 515 g/mol. The summed E-state index contributed by atoms with van der Waals surface area (Å²) in [6.07, 6.45) is 11.0. The zero-order chi connectivity index (χ0) is 26.5. The number of aromatic hydroxyl groups is 1. The van der Waals surface area contributed by atoms with Gasteiger partial charge in [-0.1, -0.05) is 76.5 Å².